The Balaban J connectivity index is 1.70. The highest BCUT2D eigenvalue weighted by Gasteiger charge is 2.44. The Morgan fingerprint density at radius 2 is 1.49 bits per heavy atom. The zero-order chi connectivity index (χ0) is 39.9. The van der Waals surface area contributed by atoms with Gasteiger partial charge in [0.05, 0.1) is 11.1 Å². The third-order valence-corrected chi connectivity index (χ3v) is 10.2. The molecule has 1 heterocycles. The molecule has 0 fully saturated rings. The van der Waals surface area contributed by atoms with E-state index in [4.69, 9.17) is 4.42 Å². The first kappa shape index (κ1) is 38.1. The summed E-state index contributed by atoms with van der Waals surface area (Å²) < 4.78 is 6.51. The quantitative estimate of drug-likeness (QED) is 0.0530. The number of allylic oxidation sites excluding steroid dienone is 6. The molecule has 1 aromatic heterocycles. The predicted molar refractivity (Wildman–Crippen MR) is 207 cm³/mol. The third-order valence-electron chi connectivity index (χ3n) is 10.2. The average Bonchev–Trinajstić information content (AvgIpc) is 3.10. The Morgan fingerprint density at radius 1 is 0.800 bits per heavy atom. The summed E-state index contributed by atoms with van der Waals surface area (Å²) >= 11 is 0. The van der Waals surface area contributed by atoms with Crippen LogP contribution < -0.4 is 5.43 Å². The molecule has 0 spiro atoms. The summed E-state index contributed by atoms with van der Waals surface area (Å²) in [5.41, 5.74) is 0.928. The molecule has 0 bridgehead atoms. The summed E-state index contributed by atoms with van der Waals surface area (Å²) in [7, 11) is 0. The van der Waals surface area contributed by atoms with E-state index in [0.29, 0.717) is 0 Å². The van der Waals surface area contributed by atoms with Gasteiger partial charge in [0.1, 0.15) is 62.7 Å². The molecule has 3 atom stereocenters. The van der Waals surface area contributed by atoms with Crippen LogP contribution in [0.15, 0.2) is 99.3 Å². The van der Waals surface area contributed by atoms with Gasteiger partial charge in [-0.25, -0.2) is 0 Å². The zero-order valence-corrected chi connectivity index (χ0v) is 30.7. The highest BCUT2D eigenvalue weighted by molar-refractivity contribution is 6.03. The number of hydrogen-bond donors (Lipinski definition) is 8. The highest BCUT2D eigenvalue weighted by atomic mass is 16.3. The lowest BCUT2D eigenvalue weighted by atomic mass is 9.65. The first-order valence-electron chi connectivity index (χ1n) is 17.7. The normalized spacial score (nSPS) is 17.0. The van der Waals surface area contributed by atoms with E-state index in [1.807, 2.05) is 13.8 Å². The van der Waals surface area contributed by atoms with Gasteiger partial charge >= 0.3 is 0 Å². The molecule has 5 aromatic rings. The van der Waals surface area contributed by atoms with Gasteiger partial charge in [-0.1, -0.05) is 41.5 Å². The maximum atomic E-state index is 15.1. The van der Waals surface area contributed by atoms with Crippen LogP contribution in [-0.4, -0.2) is 46.6 Å². The van der Waals surface area contributed by atoms with E-state index in [0.717, 1.165) is 29.3 Å². The Kier molecular flexibility index (Phi) is 10.4. The molecule has 8 N–H and O–H groups in total. The van der Waals surface area contributed by atoms with Crippen molar-refractivity contribution in [3.05, 3.63) is 128 Å². The van der Waals surface area contributed by atoms with E-state index in [2.05, 4.69) is 0 Å². The molecule has 1 aliphatic carbocycles. The second-order valence-corrected chi connectivity index (χ2v) is 14.2. The van der Waals surface area contributed by atoms with Crippen LogP contribution >= 0.6 is 0 Å². The number of aromatic hydroxyl groups is 8. The van der Waals surface area contributed by atoms with Crippen molar-refractivity contribution in [2.45, 2.75) is 58.8 Å². The van der Waals surface area contributed by atoms with Crippen molar-refractivity contribution < 1.29 is 50.1 Å². The molecule has 0 saturated heterocycles. The lowest BCUT2D eigenvalue weighted by Gasteiger charge is -2.37. The largest absolute Gasteiger partial charge is 0.508 e. The summed E-state index contributed by atoms with van der Waals surface area (Å²) in [6.45, 7) is 7.23. The minimum absolute atomic E-state index is 0.0351. The van der Waals surface area contributed by atoms with Crippen molar-refractivity contribution in [3.63, 3.8) is 0 Å². The average molecular weight is 747 g/mol. The van der Waals surface area contributed by atoms with Gasteiger partial charge in [0.25, 0.3) is 0 Å². The van der Waals surface area contributed by atoms with Gasteiger partial charge in [0, 0.05) is 52.6 Å². The predicted octanol–water partition coefficient (Wildman–Crippen LogP) is 8.45. The Bertz CT molecular complexity index is 2500. The lowest BCUT2D eigenvalue weighted by molar-refractivity contribution is 0.0877. The van der Waals surface area contributed by atoms with Crippen molar-refractivity contribution >= 4 is 16.8 Å². The molecular weight excluding hydrogens is 704 g/mol. The fourth-order valence-electron chi connectivity index (χ4n) is 7.53. The lowest BCUT2D eigenvalue weighted by Crippen LogP contribution is -2.32. The van der Waals surface area contributed by atoms with Gasteiger partial charge in [-0.15, -0.1) is 0 Å². The number of hydrogen-bond acceptors (Lipinski definition) is 11. The van der Waals surface area contributed by atoms with Crippen LogP contribution in [0.3, 0.4) is 0 Å². The fraction of sp³-hybridized carbons (Fsp3) is 0.227. The number of rotatable bonds is 9. The molecule has 3 unspecified atom stereocenters. The second-order valence-electron chi connectivity index (χ2n) is 14.2. The monoisotopic (exact) mass is 746 g/mol. The molecular formula is C44H42O11. The van der Waals surface area contributed by atoms with Crippen LogP contribution in [0.4, 0.5) is 0 Å². The summed E-state index contributed by atoms with van der Waals surface area (Å²) in [6.07, 6.45) is 7.28. The van der Waals surface area contributed by atoms with E-state index in [1.165, 1.54) is 36.4 Å². The van der Waals surface area contributed by atoms with Gasteiger partial charge in [0.15, 0.2) is 5.78 Å². The highest BCUT2D eigenvalue weighted by Crippen LogP contribution is 2.53. The summed E-state index contributed by atoms with van der Waals surface area (Å²) in [5.74, 6) is -6.94. The smallest absolute Gasteiger partial charge is 0.200 e. The standard InChI is InChI=1S/C44H42O11/c1-5-6-7-26-32(47)15-14-28(40(26)52)41(53)37-30(25-12-9-23(45)18-33(25)48)16-22(4)17-31(37)38-35(50)20-36(51)39-42(54)29(11-8-21(2)3)43(55-44(38)39)27-13-10-24(46)19-34(27)49/h5-6,8-10,12-15,17-20,30-31,37,45-52H,7,11,16H2,1-4H3/b6-5+. The maximum absolute atomic E-state index is 15.1. The Labute approximate surface area is 316 Å². The van der Waals surface area contributed by atoms with Crippen molar-refractivity contribution in [3.8, 4) is 57.3 Å². The first-order chi connectivity index (χ1) is 26.1. The molecule has 0 aliphatic heterocycles. The molecule has 55 heavy (non-hydrogen) atoms. The summed E-state index contributed by atoms with van der Waals surface area (Å²) in [4.78, 5) is 29.5. The van der Waals surface area contributed by atoms with Gasteiger partial charge in [-0.3, -0.25) is 9.59 Å². The molecule has 1 aliphatic rings. The van der Waals surface area contributed by atoms with Crippen LogP contribution in [0.2, 0.25) is 0 Å². The van der Waals surface area contributed by atoms with Crippen LogP contribution in [0.5, 0.6) is 46.0 Å². The minimum Gasteiger partial charge on any atom is -0.508 e. The number of phenolic OH excluding ortho intramolecular Hbond substituents is 8. The van der Waals surface area contributed by atoms with E-state index >= 15 is 4.79 Å². The second kappa shape index (κ2) is 15.0. The number of fused-ring (bicyclic) bond motifs is 1. The van der Waals surface area contributed by atoms with Crippen molar-refractivity contribution in [2.24, 2.45) is 5.92 Å². The third kappa shape index (κ3) is 7.08. The molecule has 11 nitrogen and oxygen atoms in total. The van der Waals surface area contributed by atoms with Crippen molar-refractivity contribution in [1.82, 2.24) is 0 Å². The molecule has 6 rings (SSSR count). The van der Waals surface area contributed by atoms with Crippen molar-refractivity contribution in [1.29, 1.82) is 0 Å². The number of benzene rings is 4. The van der Waals surface area contributed by atoms with E-state index in [-0.39, 0.29) is 92.4 Å². The van der Waals surface area contributed by atoms with Crippen LogP contribution in [-0.2, 0) is 12.8 Å². The summed E-state index contributed by atoms with van der Waals surface area (Å²) in [5, 5.41) is 87.1. The van der Waals surface area contributed by atoms with Gasteiger partial charge in [-0.05, 0) is 82.9 Å². The fourth-order valence-corrected chi connectivity index (χ4v) is 7.53. The molecule has 284 valence electrons. The van der Waals surface area contributed by atoms with Gasteiger partial charge < -0.3 is 45.3 Å². The number of Topliss-reactive ketones (excluding diaryl/α,β-unsaturated/α-hetero) is 1. The van der Waals surface area contributed by atoms with Crippen LogP contribution in [0.1, 0.15) is 78.6 Å². The van der Waals surface area contributed by atoms with Gasteiger partial charge in [-0.2, -0.15) is 0 Å². The van der Waals surface area contributed by atoms with Crippen LogP contribution in [0, 0.1) is 5.92 Å². The minimum atomic E-state index is -1.23. The number of ketones is 1. The Hall–Kier alpha value is -6.62. The molecule has 11 heteroatoms. The molecule has 0 saturated carbocycles. The topological polar surface area (TPSA) is 209 Å². The zero-order valence-electron chi connectivity index (χ0n) is 30.7. The number of phenols is 8. The van der Waals surface area contributed by atoms with E-state index in [1.54, 1.807) is 38.2 Å². The SMILES string of the molecule is C/C=C/Cc1c(O)ccc(C(=O)C2C(c3c(O)cc(O)c4c(=O)c(CC=C(C)C)c(-c5ccc(O)cc5O)oc34)C=C(C)CC2c2ccc(O)cc2O)c1O. The van der Waals surface area contributed by atoms with Gasteiger partial charge in [0.2, 0.25) is 5.43 Å². The number of carbonyl (C=O) groups excluding carboxylic acids is 1. The summed E-state index contributed by atoms with van der Waals surface area (Å²) in [6, 6.07) is 11.3. The van der Waals surface area contributed by atoms with Crippen LogP contribution in [0.25, 0.3) is 22.3 Å². The molecule has 0 radical (unpaired) electrons. The van der Waals surface area contributed by atoms with Crippen molar-refractivity contribution in [2.75, 3.05) is 0 Å². The van der Waals surface area contributed by atoms with E-state index in [9.17, 15) is 45.6 Å². The molecule has 4 aromatic carbocycles. The van der Waals surface area contributed by atoms with E-state index < -0.39 is 52.0 Å². The maximum Gasteiger partial charge on any atom is 0.200 e. The number of carbonyl (C=O) groups is 1. The molecule has 0 amide bonds. The first-order valence-corrected chi connectivity index (χ1v) is 17.7. The Morgan fingerprint density at radius 3 is 2.15 bits per heavy atom.